The summed E-state index contributed by atoms with van der Waals surface area (Å²) in [6, 6.07) is 14.6. The van der Waals surface area contributed by atoms with Gasteiger partial charge >= 0.3 is 0 Å². The molecule has 1 aliphatic rings. The molecule has 124 valence electrons. The molecule has 5 nitrogen and oxygen atoms in total. The predicted octanol–water partition coefficient (Wildman–Crippen LogP) is 2.77. The van der Waals surface area contributed by atoms with Crippen LogP contribution in [0.3, 0.4) is 0 Å². The molecule has 3 rings (SSSR count). The Balaban J connectivity index is 1.72. The van der Waals surface area contributed by atoms with Crippen molar-refractivity contribution in [2.75, 3.05) is 11.4 Å². The molecule has 1 heterocycles. The second-order valence-electron chi connectivity index (χ2n) is 5.56. The first-order valence-corrected chi connectivity index (χ1v) is 8.00. The molecular formula is C18H17ClN2O3. The van der Waals surface area contributed by atoms with Crippen LogP contribution in [-0.2, 0) is 16.1 Å². The van der Waals surface area contributed by atoms with Crippen molar-refractivity contribution < 1.29 is 14.3 Å². The molecule has 0 bridgehead atoms. The monoisotopic (exact) mass is 344 g/mol. The zero-order chi connectivity index (χ0) is 17.1. The SMILES string of the molecule is CC1Oc2ccc(Cl)cc2N(CC(=O)NCc2ccccc2)C1=O. The van der Waals surface area contributed by atoms with Crippen molar-refractivity contribution in [3.8, 4) is 5.75 Å². The Hall–Kier alpha value is -2.53. The molecule has 0 aromatic heterocycles. The van der Waals surface area contributed by atoms with Gasteiger partial charge in [0, 0.05) is 11.6 Å². The predicted molar refractivity (Wildman–Crippen MR) is 92.2 cm³/mol. The van der Waals surface area contributed by atoms with E-state index in [1.54, 1.807) is 25.1 Å². The average molecular weight is 345 g/mol. The number of carbonyl (C=O) groups is 2. The van der Waals surface area contributed by atoms with Gasteiger partial charge in [0.05, 0.1) is 5.69 Å². The minimum atomic E-state index is -0.638. The van der Waals surface area contributed by atoms with E-state index >= 15 is 0 Å². The van der Waals surface area contributed by atoms with E-state index in [0.29, 0.717) is 23.0 Å². The number of benzene rings is 2. The number of ether oxygens (including phenoxy) is 1. The lowest BCUT2D eigenvalue weighted by molar-refractivity contribution is -0.128. The van der Waals surface area contributed by atoms with E-state index in [1.807, 2.05) is 30.3 Å². The van der Waals surface area contributed by atoms with Crippen LogP contribution in [0.5, 0.6) is 5.75 Å². The number of amides is 2. The molecule has 1 aliphatic heterocycles. The van der Waals surface area contributed by atoms with Gasteiger partial charge in [0.2, 0.25) is 5.91 Å². The van der Waals surface area contributed by atoms with Crippen molar-refractivity contribution in [2.45, 2.75) is 19.6 Å². The van der Waals surface area contributed by atoms with Gasteiger partial charge in [-0.05, 0) is 30.7 Å². The normalized spacial score (nSPS) is 16.3. The minimum absolute atomic E-state index is 0.0767. The topological polar surface area (TPSA) is 58.6 Å². The van der Waals surface area contributed by atoms with Crippen molar-refractivity contribution >= 4 is 29.1 Å². The van der Waals surface area contributed by atoms with Gasteiger partial charge in [0.1, 0.15) is 12.3 Å². The Labute approximate surface area is 145 Å². The van der Waals surface area contributed by atoms with Gasteiger partial charge in [-0.1, -0.05) is 41.9 Å². The molecule has 2 aromatic carbocycles. The number of hydrogen-bond acceptors (Lipinski definition) is 3. The highest BCUT2D eigenvalue weighted by molar-refractivity contribution is 6.31. The van der Waals surface area contributed by atoms with Crippen molar-refractivity contribution in [2.24, 2.45) is 0 Å². The van der Waals surface area contributed by atoms with Gasteiger partial charge in [0.25, 0.3) is 5.91 Å². The first-order chi connectivity index (χ1) is 11.5. The van der Waals surface area contributed by atoms with Crippen LogP contribution in [0.25, 0.3) is 0 Å². The number of nitrogens with zero attached hydrogens (tertiary/aromatic N) is 1. The van der Waals surface area contributed by atoms with Gasteiger partial charge < -0.3 is 10.1 Å². The van der Waals surface area contributed by atoms with Gasteiger partial charge in [-0.25, -0.2) is 0 Å². The van der Waals surface area contributed by atoms with Gasteiger partial charge in [-0.15, -0.1) is 0 Å². The third-order valence-electron chi connectivity index (χ3n) is 3.76. The third-order valence-corrected chi connectivity index (χ3v) is 4.00. The molecule has 0 aliphatic carbocycles. The maximum absolute atomic E-state index is 12.4. The fraction of sp³-hybridized carbons (Fsp3) is 0.222. The number of nitrogens with one attached hydrogen (secondary N) is 1. The zero-order valence-corrected chi connectivity index (χ0v) is 13.9. The van der Waals surface area contributed by atoms with Crippen LogP contribution < -0.4 is 15.0 Å². The largest absolute Gasteiger partial charge is 0.479 e. The molecule has 0 saturated carbocycles. The lowest BCUT2D eigenvalue weighted by Gasteiger charge is -2.32. The number of anilines is 1. The van der Waals surface area contributed by atoms with Crippen molar-refractivity contribution in [3.05, 3.63) is 59.1 Å². The molecule has 2 amide bonds. The standard InChI is InChI=1S/C18H17ClN2O3/c1-12-18(23)21(15-9-14(19)7-8-16(15)24-12)11-17(22)20-10-13-5-3-2-4-6-13/h2-9,12H,10-11H2,1H3,(H,20,22). The van der Waals surface area contributed by atoms with E-state index in [2.05, 4.69) is 5.32 Å². The molecule has 1 unspecified atom stereocenters. The quantitative estimate of drug-likeness (QED) is 0.927. The third kappa shape index (κ3) is 3.51. The molecule has 2 aromatic rings. The minimum Gasteiger partial charge on any atom is -0.479 e. The first-order valence-electron chi connectivity index (χ1n) is 7.63. The van der Waals surface area contributed by atoms with Crippen molar-refractivity contribution in [1.29, 1.82) is 0 Å². The molecule has 0 saturated heterocycles. The summed E-state index contributed by atoms with van der Waals surface area (Å²) in [6.07, 6.45) is -0.638. The second kappa shape index (κ2) is 6.93. The highest BCUT2D eigenvalue weighted by atomic mass is 35.5. The summed E-state index contributed by atoms with van der Waals surface area (Å²) in [6.45, 7) is 2.00. The fourth-order valence-corrected chi connectivity index (χ4v) is 2.71. The number of hydrogen-bond donors (Lipinski definition) is 1. The van der Waals surface area contributed by atoms with Gasteiger partial charge in [-0.3, -0.25) is 14.5 Å². The van der Waals surface area contributed by atoms with E-state index in [0.717, 1.165) is 5.56 Å². The molecule has 24 heavy (non-hydrogen) atoms. The van der Waals surface area contributed by atoms with Crippen LogP contribution >= 0.6 is 11.6 Å². The van der Waals surface area contributed by atoms with E-state index in [-0.39, 0.29) is 18.4 Å². The summed E-state index contributed by atoms with van der Waals surface area (Å²) in [4.78, 5) is 26.1. The highest BCUT2D eigenvalue weighted by Crippen LogP contribution is 2.35. The van der Waals surface area contributed by atoms with Crippen molar-refractivity contribution in [3.63, 3.8) is 0 Å². The molecule has 1 atom stereocenters. The van der Waals surface area contributed by atoms with Crippen LogP contribution in [-0.4, -0.2) is 24.5 Å². The summed E-state index contributed by atoms with van der Waals surface area (Å²) < 4.78 is 5.56. The Morgan fingerprint density at radius 3 is 2.75 bits per heavy atom. The lowest BCUT2D eigenvalue weighted by Crippen LogP contribution is -2.48. The maximum Gasteiger partial charge on any atom is 0.268 e. The highest BCUT2D eigenvalue weighted by Gasteiger charge is 2.32. The van der Waals surface area contributed by atoms with Crippen LogP contribution in [0.2, 0.25) is 5.02 Å². The molecule has 0 radical (unpaired) electrons. The summed E-state index contributed by atoms with van der Waals surface area (Å²) in [7, 11) is 0. The first kappa shape index (κ1) is 16.3. The number of halogens is 1. The number of fused-ring (bicyclic) bond motifs is 1. The molecule has 6 heteroatoms. The molecule has 0 fully saturated rings. The van der Waals surface area contributed by atoms with E-state index in [9.17, 15) is 9.59 Å². The zero-order valence-electron chi connectivity index (χ0n) is 13.2. The average Bonchev–Trinajstić information content (AvgIpc) is 2.59. The number of carbonyl (C=O) groups excluding carboxylic acids is 2. The van der Waals surface area contributed by atoms with Crippen molar-refractivity contribution in [1.82, 2.24) is 5.32 Å². The van der Waals surface area contributed by atoms with Crippen LogP contribution in [0.1, 0.15) is 12.5 Å². The summed E-state index contributed by atoms with van der Waals surface area (Å²) in [5, 5.41) is 3.30. The van der Waals surface area contributed by atoms with Gasteiger partial charge in [-0.2, -0.15) is 0 Å². The summed E-state index contributed by atoms with van der Waals surface area (Å²) >= 11 is 6.01. The smallest absolute Gasteiger partial charge is 0.268 e. The maximum atomic E-state index is 12.4. The Morgan fingerprint density at radius 1 is 1.25 bits per heavy atom. The summed E-state index contributed by atoms with van der Waals surface area (Å²) in [5.41, 5.74) is 1.51. The summed E-state index contributed by atoms with van der Waals surface area (Å²) in [5.74, 6) is 0.0363. The van der Waals surface area contributed by atoms with Gasteiger partial charge in [0.15, 0.2) is 6.10 Å². The Morgan fingerprint density at radius 2 is 2.00 bits per heavy atom. The Kier molecular flexibility index (Phi) is 4.71. The van der Waals surface area contributed by atoms with E-state index < -0.39 is 6.10 Å². The molecule has 1 N–H and O–H groups in total. The lowest BCUT2D eigenvalue weighted by atomic mass is 10.2. The van der Waals surface area contributed by atoms with Crippen LogP contribution in [0.4, 0.5) is 5.69 Å². The number of rotatable bonds is 4. The van der Waals surface area contributed by atoms with Crippen LogP contribution in [0.15, 0.2) is 48.5 Å². The molecule has 0 spiro atoms. The van der Waals surface area contributed by atoms with E-state index in [4.69, 9.17) is 16.3 Å². The Bertz CT molecular complexity index is 764. The van der Waals surface area contributed by atoms with E-state index in [1.165, 1.54) is 4.90 Å². The molecular weight excluding hydrogens is 328 g/mol. The van der Waals surface area contributed by atoms with Crippen LogP contribution in [0, 0.1) is 0 Å². The fourth-order valence-electron chi connectivity index (χ4n) is 2.54. The second-order valence-corrected chi connectivity index (χ2v) is 6.00.